The number of hydrogen-bond donors (Lipinski definition) is 2. The zero-order valence-corrected chi connectivity index (χ0v) is 10.4. The predicted octanol–water partition coefficient (Wildman–Crippen LogP) is 1.58. The number of nitrogens with zero attached hydrogens (tertiary/aromatic N) is 1. The lowest BCUT2D eigenvalue weighted by atomic mass is 10.2. The minimum absolute atomic E-state index is 0.290. The third-order valence-corrected chi connectivity index (χ3v) is 3.05. The van der Waals surface area contributed by atoms with Gasteiger partial charge < -0.3 is 0 Å². The highest BCUT2D eigenvalue weighted by Gasteiger charge is 2.07. The third-order valence-electron chi connectivity index (χ3n) is 1.85. The van der Waals surface area contributed by atoms with E-state index in [1.54, 1.807) is 11.8 Å². The topological polar surface area (TPSA) is 50.9 Å². The molecule has 1 atom stereocenters. The van der Waals surface area contributed by atoms with E-state index in [9.17, 15) is 0 Å². The van der Waals surface area contributed by atoms with Gasteiger partial charge in [-0.05, 0) is 34.3 Å². The molecule has 0 bridgehead atoms. The summed E-state index contributed by atoms with van der Waals surface area (Å²) in [5.41, 5.74) is 3.85. The van der Waals surface area contributed by atoms with Crippen LogP contribution < -0.4 is 11.3 Å². The van der Waals surface area contributed by atoms with Gasteiger partial charge in [-0.1, -0.05) is 0 Å². The van der Waals surface area contributed by atoms with Crippen molar-refractivity contribution < 1.29 is 0 Å². The number of nitrogens with two attached hydrogens (primary N) is 1. The van der Waals surface area contributed by atoms with Gasteiger partial charge in [0, 0.05) is 34.6 Å². The lowest BCUT2D eigenvalue weighted by molar-refractivity contribution is 0.569. The Labute approximate surface area is 97.0 Å². The number of rotatable bonds is 5. The monoisotopic (exact) mass is 275 g/mol. The largest absolute Gasteiger partial charge is 0.271 e. The smallest absolute Gasteiger partial charge is 0.0420 e. The van der Waals surface area contributed by atoms with Crippen LogP contribution in [-0.4, -0.2) is 23.0 Å². The molecule has 1 aromatic heterocycles. The minimum atomic E-state index is 0.290. The molecular formula is C9H14BrN3S. The Morgan fingerprint density at radius 2 is 2.43 bits per heavy atom. The summed E-state index contributed by atoms with van der Waals surface area (Å²) in [5.74, 6) is 6.43. The SMILES string of the molecule is CSCC(Cc1ccc(Br)cn1)NN. The van der Waals surface area contributed by atoms with Crippen molar-refractivity contribution in [2.45, 2.75) is 12.5 Å². The summed E-state index contributed by atoms with van der Waals surface area (Å²) < 4.78 is 1.00. The highest BCUT2D eigenvalue weighted by atomic mass is 79.9. The van der Waals surface area contributed by atoms with Crippen molar-refractivity contribution in [3.05, 3.63) is 28.5 Å². The van der Waals surface area contributed by atoms with Crippen LogP contribution in [0.15, 0.2) is 22.8 Å². The van der Waals surface area contributed by atoms with Gasteiger partial charge in [0.2, 0.25) is 0 Å². The summed E-state index contributed by atoms with van der Waals surface area (Å²) in [5, 5.41) is 0. The molecule has 1 unspecified atom stereocenters. The van der Waals surface area contributed by atoms with E-state index in [4.69, 9.17) is 5.84 Å². The highest BCUT2D eigenvalue weighted by Crippen LogP contribution is 2.09. The first-order valence-corrected chi connectivity index (χ1v) is 6.50. The molecule has 0 saturated carbocycles. The average Bonchev–Trinajstić information content (AvgIpc) is 2.20. The van der Waals surface area contributed by atoms with Crippen molar-refractivity contribution in [3.63, 3.8) is 0 Å². The molecule has 1 rings (SSSR count). The molecule has 5 heteroatoms. The maximum Gasteiger partial charge on any atom is 0.0420 e. The van der Waals surface area contributed by atoms with Crippen LogP contribution in [0.1, 0.15) is 5.69 Å². The fourth-order valence-electron chi connectivity index (χ4n) is 1.15. The van der Waals surface area contributed by atoms with Gasteiger partial charge in [-0.25, -0.2) is 0 Å². The second-order valence-corrected chi connectivity index (χ2v) is 4.82. The molecule has 0 aliphatic carbocycles. The maximum atomic E-state index is 5.44. The minimum Gasteiger partial charge on any atom is -0.271 e. The van der Waals surface area contributed by atoms with E-state index in [2.05, 4.69) is 32.6 Å². The van der Waals surface area contributed by atoms with Crippen LogP contribution in [0.2, 0.25) is 0 Å². The molecule has 0 aromatic carbocycles. The molecule has 3 nitrogen and oxygen atoms in total. The Morgan fingerprint density at radius 3 is 2.93 bits per heavy atom. The lowest BCUT2D eigenvalue weighted by Gasteiger charge is -2.13. The zero-order valence-electron chi connectivity index (χ0n) is 8.03. The molecule has 78 valence electrons. The average molecular weight is 276 g/mol. The van der Waals surface area contributed by atoms with Gasteiger partial charge in [-0.15, -0.1) is 0 Å². The van der Waals surface area contributed by atoms with E-state index in [1.807, 2.05) is 18.3 Å². The number of pyridine rings is 1. The first kappa shape index (κ1) is 12.0. The van der Waals surface area contributed by atoms with Gasteiger partial charge in [-0.2, -0.15) is 11.8 Å². The van der Waals surface area contributed by atoms with E-state index in [1.165, 1.54) is 0 Å². The number of aromatic nitrogens is 1. The molecule has 0 spiro atoms. The van der Waals surface area contributed by atoms with Crippen molar-refractivity contribution >= 4 is 27.7 Å². The van der Waals surface area contributed by atoms with E-state index < -0.39 is 0 Å². The van der Waals surface area contributed by atoms with E-state index >= 15 is 0 Å². The quantitative estimate of drug-likeness (QED) is 0.633. The van der Waals surface area contributed by atoms with Crippen molar-refractivity contribution in [1.29, 1.82) is 0 Å². The molecule has 0 aliphatic heterocycles. The summed E-state index contributed by atoms with van der Waals surface area (Å²) in [6.07, 6.45) is 4.74. The van der Waals surface area contributed by atoms with Crippen LogP contribution in [-0.2, 0) is 6.42 Å². The number of halogens is 1. The molecule has 0 saturated heterocycles. The molecule has 0 amide bonds. The van der Waals surface area contributed by atoms with Crippen molar-refractivity contribution in [2.75, 3.05) is 12.0 Å². The van der Waals surface area contributed by atoms with Crippen LogP contribution in [0.5, 0.6) is 0 Å². The molecule has 1 aromatic rings. The molecular weight excluding hydrogens is 262 g/mol. The molecule has 0 aliphatic rings. The fourth-order valence-corrected chi connectivity index (χ4v) is 2.00. The van der Waals surface area contributed by atoms with Crippen molar-refractivity contribution in [3.8, 4) is 0 Å². The summed E-state index contributed by atoms with van der Waals surface area (Å²) in [4.78, 5) is 4.30. The number of thioether (sulfide) groups is 1. The van der Waals surface area contributed by atoms with Gasteiger partial charge in [0.1, 0.15) is 0 Å². The normalized spacial score (nSPS) is 12.8. The van der Waals surface area contributed by atoms with Crippen LogP contribution in [0.25, 0.3) is 0 Å². The van der Waals surface area contributed by atoms with Crippen LogP contribution in [0.3, 0.4) is 0 Å². The van der Waals surface area contributed by atoms with E-state index in [0.29, 0.717) is 6.04 Å². The van der Waals surface area contributed by atoms with Crippen LogP contribution >= 0.6 is 27.7 Å². The highest BCUT2D eigenvalue weighted by molar-refractivity contribution is 9.10. The molecule has 0 radical (unpaired) electrons. The molecule has 0 fully saturated rings. The third kappa shape index (κ3) is 3.96. The Morgan fingerprint density at radius 1 is 1.64 bits per heavy atom. The lowest BCUT2D eigenvalue weighted by Crippen LogP contribution is -2.38. The summed E-state index contributed by atoms with van der Waals surface area (Å²) in [7, 11) is 0. The first-order chi connectivity index (χ1) is 6.76. The second-order valence-electron chi connectivity index (χ2n) is 2.99. The summed E-state index contributed by atoms with van der Waals surface area (Å²) >= 11 is 5.13. The summed E-state index contributed by atoms with van der Waals surface area (Å²) in [6.45, 7) is 0. The maximum absolute atomic E-state index is 5.44. The first-order valence-electron chi connectivity index (χ1n) is 4.31. The number of hydrogen-bond acceptors (Lipinski definition) is 4. The Bertz CT molecular complexity index is 265. The van der Waals surface area contributed by atoms with E-state index in [0.717, 1.165) is 22.3 Å². The summed E-state index contributed by atoms with van der Waals surface area (Å²) in [6, 6.07) is 4.29. The van der Waals surface area contributed by atoms with E-state index in [-0.39, 0.29) is 0 Å². The number of nitrogens with one attached hydrogen (secondary N) is 1. The standard InChI is InChI=1S/C9H14BrN3S/c1-14-6-9(13-11)4-8-3-2-7(10)5-12-8/h2-3,5,9,13H,4,6,11H2,1H3. The zero-order chi connectivity index (χ0) is 10.4. The van der Waals surface area contributed by atoms with Gasteiger partial charge in [0.25, 0.3) is 0 Å². The Hall–Kier alpha value is -0.100. The van der Waals surface area contributed by atoms with Gasteiger partial charge in [0.15, 0.2) is 0 Å². The fraction of sp³-hybridized carbons (Fsp3) is 0.444. The van der Waals surface area contributed by atoms with Crippen LogP contribution in [0.4, 0.5) is 0 Å². The Kier molecular flexibility index (Phi) is 5.47. The molecule has 14 heavy (non-hydrogen) atoms. The van der Waals surface area contributed by atoms with Crippen molar-refractivity contribution in [2.24, 2.45) is 5.84 Å². The van der Waals surface area contributed by atoms with Gasteiger partial charge in [-0.3, -0.25) is 16.3 Å². The predicted molar refractivity (Wildman–Crippen MR) is 65.1 cm³/mol. The van der Waals surface area contributed by atoms with Crippen LogP contribution in [0, 0.1) is 0 Å². The van der Waals surface area contributed by atoms with Gasteiger partial charge >= 0.3 is 0 Å². The Balaban J connectivity index is 2.53. The molecule has 3 N–H and O–H groups in total. The molecule has 1 heterocycles. The van der Waals surface area contributed by atoms with Gasteiger partial charge in [0.05, 0.1) is 0 Å². The number of hydrazine groups is 1. The van der Waals surface area contributed by atoms with Crippen molar-refractivity contribution in [1.82, 2.24) is 10.4 Å². The second kappa shape index (κ2) is 6.40.